The number of hydrogen-bond donors (Lipinski definition) is 0. The number of rotatable bonds is 4. The topological polar surface area (TPSA) is 109 Å². The Morgan fingerprint density at radius 3 is 2.57 bits per heavy atom. The second-order valence-electron chi connectivity index (χ2n) is 3.96. The summed E-state index contributed by atoms with van der Waals surface area (Å²) in [5.41, 5.74) is 8.35. The molecule has 0 aliphatic rings. The molecule has 0 aliphatic heterocycles. The van der Waals surface area contributed by atoms with Gasteiger partial charge in [-0.15, -0.1) is 0 Å². The SMILES string of the molecule is [N-]=[N+]=Nc1ccc([N+](=O)[O-])cc1C(=O)c1ccccc1Cl. The molecular formula is C13H7ClN4O3. The van der Waals surface area contributed by atoms with Gasteiger partial charge < -0.3 is 0 Å². The Balaban J connectivity index is 2.63. The standard InChI is InChI=1S/C13H7ClN4O3/c14-11-4-2-1-3-9(11)13(19)10-7-8(18(20)21)5-6-12(10)16-17-15/h1-7H. The van der Waals surface area contributed by atoms with Crippen molar-refractivity contribution >= 4 is 28.8 Å². The van der Waals surface area contributed by atoms with E-state index in [1.807, 2.05) is 0 Å². The predicted octanol–water partition coefficient (Wildman–Crippen LogP) is 4.42. The second-order valence-corrected chi connectivity index (χ2v) is 4.36. The highest BCUT2D eigenvalue weighted by Gasteiger charge is 2.19. The molecule has 0 fully saturated rings. The molecule has 0 bridgehead atoms. The van der Waals surface area contributed by atoms with Crippen LogP contribution in [0.5, 0.6) is 0 Å². The van der Waals surface area contributed by atoms with Gasteiger partial charge in [-0.1, -0.05) is 28.8 Å². The molecule has 104 valence electrons. The van der Waals surface area contributed by atoms with E-state index in [0.29, 0.717) is 0 Å². The first kappa shape index (κ1) is 14.5. The summed E-state index contributed by atoms with van der Waals surface area (Å²) in [6.45, 7) is 0. The summed E-state index contributed by atoms with van der Waals surface area (Å²) in [5.74, 6) is -0.549. The van der Waals surface area contributed by atoms with Crippen molar-refractivity contribution in [2.75, 3.05) is 0 Å². The van der Waals surface area contributed by atoms with Crippen LogP contribution in [0.2, 0.25) is 5.02 Å². The molecule has 0 saturated carbocycles. The molecular weight excluding hydrogens is 296 g/mol. The Hall–Kier alpha value is -2.89. The minimum absolute atomic E-state index is 0.00743. The predicted molar refractivity (Wildman–Crippen MR) is 76.8 cm³/mol. The molecule has 2 aromatic carbocycles. The number of azide groups is 1. The first-order valence-corrected chi connectivity index (χ1v) is 6.05. The van der Waals surface area contributed by atoms with E-state index >= 15 is 0 Å². The minimum Gasteiger partial charge on any atom is -0.289 e. The van der Waals surface area contributed by atoms with Crippen LogP contribution >= 0.6 is 11.6 Å². The molecule has 0 unspecified atom stereocenters. The van der Waals surface area contributed by atoms with Crippen molar-refractivity contribution in [3.05, 3.63) is 79.2 Å². The van der Waals surface area contributed by atoms with Crippen molar-refractivity contribution in [3.8, 4) is 0 Å². The van der Waals surface area contributed by atoms with Crippen molar-refractivity contribution in [1.29, 1.82) is 0 Å². The molecule has 0 aliphatic carbocycles. The Morgan fingerprint density at radius 2 is 1.95 bits per heavy atom. The van der Waals surface area contributed by atoms with E-state index in [0.717, 1.165) is 12.1 Å². The molecule has 0 heterocycles. The number of benzene rings is 2. The number of ketones is 1. The largest absolute Gasteiger partial charge is 0.289 e. The molecule has 7 nitrogen and oxygen atoms in total. The van der Waals surface area contributed by atoms with Gasteiger partial charge in [-0.3, -0.25) is 14.9 Å². The number of nitro benzene ring substituents is 1. The zero-order valence-electron chi connectivity index (χ0n) is 10.4. The highest BCUT2D eigenvalue weighted by molar-refractivity contribution is 6.35. The van der Waals surface area contributed by atoms with Gasteiger partial charge in [0.25, 0.3) is 5.69 Å². The number of hydrogen-bond acceptors (Lipinski definition) is 4. The Kier molecular flexibility index (Phi) is 4.18. The Morgan fingerprint density at radius 1 is 1.24 bits per heavy atom. The first-order valence-electron chi connectivity index (χ1n) is 5.67. The zero-order valence-corrected chi connectivity index (χ0v) is 11.2. The number of carbonyl (C=O) groups is 1. The molecule has 8 heteroatoms. The Bertz CT molecular complexity index is 785. The van der Waals surface area contributed by atoms with Gasteiger partial charge in [0.1, 0.15) is 0 Å². The molecule has 2 rings (SSSR count). The van der Waals surface area contributed by atoms with Gasteiger partial charge in [-0.2, -0.15) is 0 Å². The van der Waals surface area contributed by atoms with Gasteiger partial charge in [-0.05, 0) is 23.7 Å². The lowest BCUT2D eigenvalue weighted by molar-refractivity contribution is -0.384. The normalized spacial score (nSPS) is 9.76. The first-order chi connectivity index (χ1) is 10.0. The Labute approximate surface area is 123 Å². The summed E-state index contributed by atoms with van der Waals surface area (Å²) < 4.78 is 0. The van der Waals surface area contributed by atoms with E-state index in [4.69, 9.17) is 17.1 Å². The second kappa shape index (κ2) is 6.04. The summed E-state index contributed by atoms with van der Waals surface area (Å²) in [6, 6.07) is 9.73. The van der Waals surface area contributed by atoms with Crippen LogP contribution in [0.15, 0.2) is 47.6 Å². The van der Waals surface area contributed by atoms with E-state index in [1.165, 1.54) is 18.2 Å². The fourth-order valence-corrected chi connectivity index (χ4v) is 1.97. The molecule has 0 spiro atoms. The van der Waals surface area contributed by atoms with Crippen molar-refractivity contribution in [2.24, 2.45) is 5.11 Å². The number of nitrogens with zero attached hydrogens (tertiary/aromatic N) is 4. The van der Waals surface area contributed by atoms with Crippen LogP contribution < -0.4 is 0 Å². The molecule has 0 radical (unpaired) electrons. The van der Waals surface area contributed by atoms with Gasteiger partial charge in [-0.25, -0.2) is 0 Å². The molecule has 0 amide bonds. The van der Waals surface area contributed by atoms with E-state index in [-0.39, 0.29) is 27.5 Å². The van der Waals surface area contributed by atoms with Crippen LogP contribution in [-0.2, 0) is 0 Å². The summed E-state index contributed by atoms with van der Waals surface area (Å²) in [6.07, 6.45) is 0. The summed E-state index contributed by atoms with van der Waals surface area (Å²) >= 11 is 5.94. The average molecular weight is 303 g/mol. The van der Waals surface area contributed by atoms with Crippen LogP contribution in [0, 0.1) is 10.1 Å². The molecule has 0 atom stereocenters. The van der Waals surface area contributed by atoms with Crippen LogP contribution in [0.3, 0.4) is 0 Å². The van der Waals surface area contributed by atoms with Gasteiger partial charge in [0, 0.05) is 33.9 Å². The fourth-order valence-electron chi connectivity index (χ4n) is 1.75. The molecule has 0 saturated heterocycles. The van der Waals surface area contributed by atoms with Crippen LogP contribution in [0.1, 0.15) is 15.9 Å². The van der Waals surface area contributed by atoms with Crippen LogP contribution in [0.4, 0.5) is 11.4 Å². The molecule has 21 heavy (non-hydrogen) atoms. The quantitative estimate of drug-likeness (QED) is 0.208. The third kappa shape index (κ3) is 3.00. The van der Waals surface area contributed by atoms with Crippen molar-refractivity contribution < 1.29 is 9.72 Å². The maximum atomic E-state index is 12.4. The maximum Gasteiger partial charge on any atom is 0.270 e. The number of halogens is 1. The third-order valence-corrected chi connectivity index (χ3v) is 3.04. The summed E-state index contributed by atoms with van der Waals surface area (Å²) in [4.78, 5) is 25.2. The van der Waals surface area contributed by atoms with E-state index in [2.05, 4.69) is 10.0 Å². The van der Waals surface area contributed by atoms with Crippen LogP contribution in [-0.4, -0.2) is 10.7 Å². The third-order valence-electron chi connectivity index (χ3n) is 2.71. The molecule has 2 aromatic rings. The van der Waals surface area contributed by atoms with Crippen molar-refractivity contribution in [3.63, 3.8) is 0 Å². The number of non-ortho nitro benzene ring substituents is 1. The van der Waals surface area contributed by atoms with E-state index in [1.54, 1.807) is 12.1 Å². The van der Waals surface area contributed by atoms with Gasteiger partial charge in [0.15, 0.2) is 5.78 Å². The monoisotopic (exact) mass is 302 g/mol. The maximum absolute atomic E-state index is 12.4. The van der Waals surface area contributed by atoms with Crippen LogP contribution in [0.25, 0.3) is 10.4 Å². The number of nitro groups is 1. The highest BCUT2D eigenvalue weighted by Crippen LogP contribution is 2.29. The van der Waals surface area contributed by atoms with Crippen molar-refractivity contribution in [1.82, 2.24) is 0 Å². The lowest BCUT2D eigenvalue weighted by Gasteiger charge is -2.06. The lowest BCUT2D eigenvalue weighted by Crippen LogP contribution is -2.03. The van der Waals surface area contributed by atoms with Gasteiger partial charge >= 0.3 is 0 Å². The highest BCUT2D eigenvalue weighted by atomic mass is 35.5. The van der Waals surface area contributed by atoms with E-state index < -0.39 is 10.7 Å². The lowest BCUT2D eigenvalue weighted by atomic mass is 10.0. The fraction of sp³-hybridized carbons (Fsp3) is 0. The summed E-state index contributed by atoms with van der Waals surface area (Å²) in [7, 11) is 0. The average Bonchev–Trinajstić information content (AvgIpc) is 2.47. The number of carbonyl (C=O) groups excluding carboxylic acids is 1. The molecule has 0 N–H and O–H groups in total. The van der Waals surface area contributed by atoms with E-state index in [9.17, 15) is 14.9 Å². The summed E-state index contributed by atoms with van der Waals surface area (Å²) in [5, 5.41) is 14.4. The zero-order chi connectivity index (χ0) is 15.4. The van der Waals surface area contributed by atoms with Gasteiger partial charge in [0.05, 0.1) is 9.95 Å². The molecule has 0 aromatic heterocycles. The van der Waals surface area contributed by atoms with Crippen molar-refractivity contribution in [2.45, 2.75) is 0 Å². The minimum atomic E-state index is -0.636. The van der Waals surface area contributed by atoms with Gasteiger partial charge in [0.2, 0.25) is 0 Å². The smallest absolute Gasteiger partial charge is 0.270 e.